The Morgan fingerprint density at radius 2 is 1.75 bits per heavy atom. The molecule has 0 aliphatic carbocycles. The average molecular weight is 684 g/mol. The van der Waals surface area contributed by atoms with Gasteiger partial charge in [0.2, 0.25) is 0 Å². The summed E-state index contributed by atoms with van der Waals surface area (Å²) >= 11 is 0. The highest BCUT2D eigenvalue weighted by atomic mass is 28.2. The number of esters is 1. The van der Waals surface area contributed by atoms with E-state index in [1.165, 1.54) is 16.8 Å². The lowest BCUT2D eigenvalue weighted by molar-refractivity contribution is -0.143. The molecular formula is C37H48F3N3O4Si. The first-order chi connectivity index (χ1) is 22.8. The summed E-state index contributed by atoms with van der Waals surface area (Å²) in [4.78, 5) is 42.0. The highest BCUT2D eigenvalue weighted by Gasteiger charge is 2.29. The number of ether oxygens (including phenoxy) is 1. The summed E-state index contributed by atoms with van der Waals surface area (Å²) < 4.78 is 50.6. The largest absolute Gasteiger partial charge is 0.466 e. The van der Waals surface area contributed by atoms with Gasteiger partial charge >= 0.3 is 5.97 Å². The maximum Gasteiger partial charge on any atom is 0.306 e. The van der Waals surface area contributed by atoms with Crippen LogP contribution < -0.4 is 5.56 Å². The van der Waals surface area contributed by atoms with Crippen LogP contribution in [0.5, 0.6) is 0 Å². The van der Waals surface area contributed by atoms with Crippen molar-refractivity contribution in [2.75, 3.05) is 26.2 Å². The Balaban J connectivity index is 1.65. The maximum absolute atomic E-state index is 15.6. The lowest BCUT2D eigenvalue weighted by Crippen LogP contribution is -2.49. The van der Waals surface area contributed by atoms with Crippen molar-refractivity contribution in [3.05, 3.63) is 86.3 Å². The van der Waals surface area contributed by atoms with E-state index in [1.54, 1.807) is 13.0 Å². The highest BCUT2D eigenvalue weighted by Crippen LogP contribution is 2.36. The fourth-order valence-electron chi connectivity index (χ4n) is 6.52. The van der Waals surface area contributed by atoms with Gasteiger partial charge in [-0.1, -0.05) is 38.1 Å². The quantitative estimate of drug-likeness (QED) is 0.133. The number of Topliss-reactive ketones (excluding diaryl/α,β-unsaturated/α-hetero) is 1. The Kier molecular flexibility index (Phi) is 13.0. The molecule has 3 aromatic rings. The molecule has 1 saturated heterocycles. The normalized spacial score (nSPS) is 15.2. The minimum atomic E-state index is -1.18. The molecule has 0 bridgehead atoms. The molecule has 1 aliphatic heterocycles. The SMILES string of the molecule is CCOC(=O)C[C@H](CCC(=O)[C@H]([SiH2]CC(C)C)n1nc(CCN2CC(F)C2)c(C)cc1=O)c1cc(-c2c(C)cccc2C)cc(F)c1F. The van der Waals surface area contributed by atoms with Gasteiger partial charge in [-0.05, 0) is 91.5 Å². The second-order valence-electron chi connectivity index (χ2n) is 13.5. The zero-order valence-corrected chi connectivity index (χ0v) is 30.4. The summed E-state index contributed by atoms with van der Waals surface area (Å²) in [7, 11) is -1.18. The van der Waals surface area contributed by atoms with Gasteiger partial charge in [0.25, 0.3) is 5.56 Å². The van der Waals surface area contributed by atoms with E-state index in [0.29, 0.717) is 43.2 Å². The summed E-state index contributed by atoms with van der Waals surface area (Å²) in [5, 5.41) is 4.68. The van der Waals surface area contributed by atoms with Gasteiger partial charge in [-0.25, -0.2) is 17.9 Å². The number of halogens is 3. The third-order valence-electron chi connectivity index (χ3n) is 9.23. The monoisotopic (exact) mass is 683 g/mol. The topological polar surface area (TPSA) is 81.5 Å². The molecule has 48 heavy (non-hydrogen) atoms. The van der Waals surface area contributed by atoms with Crippen LogP contribution in [0.2, 0.25) is 6.04 Å². The molecule has 0 radical (unpaired) electrons. The van der Waals surface area contributed by atoms with Crippen LogP contribution in [0.1, 0.15) is 79.6 Å². The lowest BCUT2D eigenvalue weighted by Gasteiger charge is -2.34. The van der Waals surface area contributed by atoms with Crippen molar-refractivity contribution >= 4 is 21.3 Å². The van der Waals surface area contributed by atoms with E-state index in [0.717, 1.165) is 28.3 Å². The number of likely N-dealkylation sites (tertiary alicyclic amines) is 1. The van der Waals surface area contributed by atoms with Gasteiger partial charge in [-0.15, -0.1) is 0 Å². The van der Waals surface area contributed by atoms with E-state index in [2.05, 4.69) is 18.9 Å². The number of rotatable bonds is 16. The first-order valence-electron chi connectivity index (χ1n) is 17.0. The number of nitrogens with zero attached hydrogens (tertiary/aromatic N) is 3. The van der Waals surface area contributed by atoms with E-state index in [9.17, 15) is 18.8 Å². The summed E-state index contributed by atoms with van der Waals surface area (Å²) in [6.45, 7) is 12.9. The first-order valence-corrected chi connectivity index (χ1v) is 18.8. The van der Waals surface area contributed by atoms with Crippen molar-refractivity contribution in [1.29, 1.82) is 0 Å². The smallest absolute Gasteiger partial charge is 0.306 e. The van der Waals surface area contributed by atoms with Crippen LogP contribution in [-0.2, 0) is 20.7 Å². The fourth-order valence-corrected chi connectivity index (χ4v) is 8.54. The van der Waals surface area contributed by atoms with Crippen molar-refractivity contribution < 1.29 is 27.5 Å². The molecule has 11 heteroatoms. The molecule has 0 N–H and O–H groups in total. The third kappa shape index (κ3) is 9.31. The number of ketones is 1. The lowest BCUT2D eigenvalue weighted by atomic mass is 9.86. The van der Waals surface area contributed by atoms with Crippen molar-refractivity contribution in [2.24, 2.45) is 5.92 Å². The van der Waals surface area contributed by atoms with Crippen molar-refractivity contribution in [2.45, 2.75) is 91.0 Å². The molecule has 2 atom stereocenters. The van der Waals surface area contributed by atoms with Crippen LogP contribution in [0.25, 0.3) is 11.1 Å². The van der Waals surface area contributed by atoms with Crippen LogP contribution in [0.3, 0.4) is 0 Å². The number of hydrogen-bond donors (Lipinski definition) is 0. The summed E-state index contributed by atoms with van der Waals surface area (Å²) in [5.74, 6) is -3.39. The Hall–Kier alpha value is -3.57. The molecule has 0 saturated carbocycles. The van der Waals surface area contributed by atoms with E-state index in [4.69, 9.17) is 4.74 Å². The van der Waals surface area contributed by atoms with Gasteiger partial charge < -0.3 is 4.74 Å². The van der Waals surface area contributed by atoms with Gasteiger partial charge in [0.1, 0.15) is 6.17 Å². The number of aromatic nitrogens is 2. The molecule has 2 aromatic carbocycles. The van der Waals surface area contributed by atoms with E-state index in [-0.39, 0.29) is 42.8 Å². The van der Waals surface area contributed by atoms with Crippen LogP contribution in [0.15, 0.2) is 41.2 Å². The number of benzene rings is 2. The molecular weight excluding hydrogens is 636 g/mol. The zero-order valence-electron chi connectivity index (χ0n) is 29.0. The summed E-state index contributed by atoms with van der Waals surface area (Å²) in [5.41, 5.74) is 3.39. The predicted octanol–water partition coefficient (Wildman–Crippen LogP) is 6.14. The van der Waals surface area contributed by atoms with Crippen LogP contribution in [-0.4, -0.2) is 68.4 Å². The van der Waals surface area contributed by atoms with Crippen molar-refractivity contribution in [3.8, 4) is 11.1 Å². The van der Waals surface area contributed by atoms with Crippen LogP contribution in [0, 0.1) is 38.3 Å². The zero-order chi connectivity index (χ0) is 35.1. The Morgan fingerprint density at radius 3 is 2.38 bits per heavy atom. The first kappa shape index (κ1) is 37.2. The molecule has 1 aromatic heterocycles. The van der Waals surface area contributed by atoms with E-state index < -0.39 is 44.9 Å². The van der Waals surface area contributed by atoms with Crippen LogP contribution in [0.4, 0.5) is 13.2 Å². The van der Waals surface area contributed by atoms with Crippen molar-refractivity contribution in [1.82, 2.24) is 14.7 Å². The molecule has 0 unspecified atom stereocenters. The number of alkyl halides is 1. The third-order valence-corrected chi connectivity index (χ3v) is 12.1. The van der Waals surface area contributed by atoms with Gasteiger partial charge in [-0.3, -0.25) is 19.3 Å². The van der Waals surface area contributed by atoms with Crippen molar-refractivity contribution in [3.63, 3.8) is 0 Å². The fraction of sp³-hybridized carbons (Fsp3) is 0.514. The predicted molar refractivity (Wildman–Crippen MR) is 185 cm³/mol. The Morgan fingerprint density at radius 1 is 1.06 bits per heavy atom. The minimum absolute atomic E-state index is 0.0129. The molecule has 2 heterocycles. The van der Waals surface area contributed by atoms with Gasteiger partial charge in [0.05, 0.1) is 33.9 Å². The standard InChI is InChI=1S/C37H48F3N3O4Si/c1-7-47-34(46)18-26(29-16-27(17-30(39)36(29)40)35-23(4)9-8-10-24(35)5)11-12-32(44)37(48-21-22(2)3)43-33(45)15-25(6)31(41-43)13-14-42-19-28(38)20-42/h8-10,15-17,22,26,28,37H,7,11-14,18-21,48H2,1-6H3/t26-,37-/m0/s1. The van der Waals surface area contributed by atoms with Gasteiger partial charge in [-0.2, -0.15) is 5.10 Å². The highest BCUT2D eigenvalue weighted by molar-refractivity contribution is 6.43. The minimum Gasteiger partial charge on any atom is -0.466 e. The molecule has 0 amide bonds. The molecule has 7 nitrogen and oxygen atoms in total. The molecule has 1 aliphatic rings. The van der Waals surface area contributed by atoms with E-state index >= 15 is 8.78 Å². The molecule has 0 spiro atoms. The summed E-state index contributed by atoms with van der Waals surface area (Å²) in [6.07, 6.45) is -0.524. The molecule has 260 valence electrons. The molecule has 1 fully saturated rings. The van der Waals surface area contributed by atoms with Crippen LogP contribution >= 0.6 is 0 Å². The Bertz CT molecular complexity index is 1650. The second kappa shape index (κ2) is 16.7. The summed E-state index contributed by atoms with van der Waals surface area (Å²) in [6, 6.07) is 10.7. The maximum atomic E-state index is 15.6. The Labute approximate surface area is 283 Å². The van der Waals surface area contributed by atoms with E-state index in [1.807, 2.05) is 43.9 Å². The second-order valence-corrected chi connectivity index (χ2v) is 15.4. The van der Waals surface area contributed by atoms with Gasteiger partial charge in [0, 0.05) is 38.5 Å². The average Bonchev–Trinajstić information content (AvgIpc) is 3.00. The number of carbonyl (C=O) groups excluding carboxylic acids is 2. The molecule has 4 rings (SSSR count). The van der Waals surface area contributed by atoms with Gasteiger partial charge in [0.15, 0.2) is 17.4 Å². The number of hydrogen-bond acceptors (Lipinski definition) is 6. The number of aryl methyl sites for hydroxylation is 3. The number of carbonyl (C=O) groups is 2.